The first-order valence-electron chi connectivity index (χ1n) is 6.79. The minimum Gasteiger partial charge on any atom is -0.505 e. The van der Waals surface area contributed by atoms with Crippen LogP contribution in [-0.2, 0) is 11.2 Å². The van der Waals surface area contributed by atoms with Crippen LogP contribution in [0.4, 0.5) is 5.69 Å². The predicted molar refractivity (Wildman–Crippen MR) is 89.3 cm³/mol. The molecule has 0 spiro atoms. The van der Waals surface area contributed by atoms with E-state index in [2.05, 4.69) is 9.98 Å². The van der Waals surface area contributed by atoms with Crippen LogP contribution >= 0.6 is 7.82 Å². The highest BCUT2D eigenvalue weighted by Gasteiger charge is 2.09. The number of aliphatic hydroxyl groups is 1. The van der Waals surface area contributed by atoms with Gasteiger partial charge in [-0.1, -0.05) is 17.7 Å². The van der Waals surface area contributed by atoms with Gasteiger partial charge in [-0.05, 0) is 26.0 Å². The molecule has 0 unspecified atom stereocenters. The molecule has 0 aliphatic carbocycles. The summed E-state index contributed by atoms with van der Waals surface area (Å²) in [6, 6.07) is 7.74. The van der Waals surface area contributed by atoms with Gasteiger partial charge in [0.2, 0.25) is 0 Å². The van der Waals surface area contributed by atoms with Crippen molar-refractivity contribution < 1.29 is 29.5 Å². The number of aromatic nitrogens is 1. The van der Waals surface area contributed by atoms with Crippen LogP contribution in [0.1, 0.15) is 22.4 Å². The maximum Gasteiger partial charge on any atom is 0.466 e. The lowest BCUT2D eigenvalue weighted by Gasteiger charge is -2.06. The molecule has 0 aliphatic rings. The summed E-state index contributed by atoms with van der Waals surface area (Å²) in [6.45, 7) is 3.53. The number of aryl methyl sites for hydroxylation is 2. The van der Waals surface area contributed by atoms with Gasteiger partial charge >= 0.3 is 7.82 Å². The number of hydrogen-bond acceptors (Lipinski definition) is 5. The van der Waals surface area contributed by atoms with Crippen molar-refractivity contribution in [1.82, 2.24) is 4.98 Å². The maximum atomic E-state index is 9.97. The molecule has 0 amide bonds. The highest BCUT2D eigenvalue weighted by atomic mass is 31.2. The van der Waals surface area contributed by atoms with Crippen LogP contribution in [0.25, 0.3) is 0 Å². The van der Waals surface area contributed by atoms with E-state index in [0.717, 1.165) is 11.3 Å². The fourth-order valence-corrected chi connectivity index (χ4v) is 1.69. The fourth-order valence-electron chi connectivity index (χ4n) is 1.69. The molecule has 8 nitrogen and oxygen atoms in total. The lowest BCUT2D eigenvalue weighted by Crippen LogP contribution is -1.97. The molecule has 0 fully saturated rings. The van der Waals surface area contributed by atoms with E-state index in [4.69, 9.17) is 19.2 Å². The Labute approximate surface area is 139 Å². The van der Waals surface area contributed by atoms with Crippen molar-refractivity contribution in [3.8, 4) is 5.75 Å². The van der Waals surface area contributed by atoms with E-state index in [1.165, 1.54) is 0 Å². The summed E-state index contributed by atoms with van der Waals surface area (Å²) in [6.07, 6.45) is 3.10. The van der Waals surface area contributed by atoms with Crippen LogP contribution in [0.5, 0.6) is 5.75 Å². The summed E-state index contributed by atoms with van der Waals surface area (Å²) < 4.78 is 8.88. The van der Waals surface area contributed by atoms with Gasteiger partial charge in [-0.15, -0.1) is 0 Å². The lowest BCUT2D eigenvalue weighted by molar-refractivity contribution is 0.275. The zero-order chi connectivity index (χ0) is 18.3. The van der Waals surface area contributed by atoms with Crippen LogP contribution in [0.3, 0.4) is 0 Å². The van der Waals surface area contributed by atoms with Crippen molar-refractivity contribution in [3.63, 3.8) is 0 Å². The van der Waals surface area contributed by atoms with Gasteiger partial charge in [-0.2, -0.15) is 0 Å². The van der Waals surface area contributed by atoms with Crippen LogP contribution in [0, 0.1) is 13.8 Å². The Morgan fingerprint density at radius 1 is 1.17 bits per heavy atom. The average Bonchev–Trinajstić information content (AvgIpc) is 2.49. The first-order valence-corrected chi connectivity index (χ1v) is 8.35. The van der Waals surface area contributed by atoms with E-state index in [-0.39, 0.29) is 12.4 Å². The molecule has 0 atom stereocenters. The van der Waals surface area contributed by atoms with Crippen molar-refractivity contribution >= 4 is 19.7 Å². The Kier molecular flexibility index (Phi) is 7.21. The lowest BCUT2D eigenvalue weighted by atomic mass is 10.1. The molecule has 5 N–H and O–H groups in total. The van der Waals surface area contributed by atoms with Crippen LogP contribution in [-0.4, -0.2) is 36.1 Å². The molecule has 1 heterocycles. The molecule has 9 heteroatoms. The van der Waals surface area contributed by atoms with E-state index in [9.17, 15) is 10.2 Å². The largest absolute Gasteiger partial charge is 0.505 e. The minimum atomic E-state index is -4.64. The molecular formula is C15H19N2O6P. The fraction of sp³-hybridized carbons (Fsp3) is 0.200. The molecule has 2 rings (SSSR count). The second-order valence-corrected chi connectivity index (χ2v) is 5.92. The molecule has 0 radical (unpaired) electrons. The van der Waals surface area contributed by atoms with Gasteiger partial charge in [0.05, 0.1) is 18.0 Å². The van der Waals surface area contributed by atoms with Gasteiger partial charge in [-0.25, -0.2) is 4.57 Å². The van der Waals surface area contributed by atoms with Gasteiger partial charge in [0.25, 0.3) is 0 Å². The predicted octanol–water partition coefficient (Wildman–Crippen LogP) is 1.72. The van der Waals surface area contributed by atoms with Gasteiger partial charge in [0, 0.05) is 23.5 Å². The van der Waals surface area contributed by atoms with Gasteiger partial charge in [0.1, 0.15) is 5.75 Å². The average molecular weight is 354 g/mol. The zero-order valence-corrected chi connectivity index (χ0v) is 14.1. The van der Waals surface area contributed by atoms with Crippen molar-refractivity contribution in [1.29, 1.82) is 0 Å². The number of aromatic hydroxyl groups is 1. The number of nitrogens with zero attached hydrogens (tertiary/aromatic N) is 2. The smallest absolute Gasteiger partial charge is 0.466 e. The van der Waals surface area contributed by atoms with Crippen molar-refractivity contribution in [2.75, 3.05) is 0 Å². The molecule has 0 aliphatic heterocycles. The minimum absolute atomic E-state index is 0.0578. The first kappa shape index (κ1) is 20.0. The van der Waals surface area contributed by atoms with Crippen molar-refractivity contribution in [3.05, 3.63) is 52.8 Å². The zero-order valence-electron chi connectivity index (χ0n) is 13.2. The third-order valence-electron chi connectivity index (χ3n) is 2.90. The molecule has 0 saturated heterocycles. The Morgan fingerprint density at radius 2 is 1.71 bits per heavy atom. The topological polar surface area (TPSA) is 143 Å². The molecule has 1 aromatic heterocycles. The van der Waals surface area contributed by atoms with Crippen molar-refractivity contribution in [2.24, 2.45) is 4.99 Å². The van der Waals surface area contributed by atoms with E-state index in [1.54, 1.807) is 19.3 Å². The Balaban J connectivity index is 0.000000505. The molecule has 0 saturated carbocycles. The summed E-state index contributed by atoms with van der Waals surface area (Å²) in [4.78, 5) is 29.9. The maximum absolute atomic E-state index is 9.97. The van der Waals surface area contributed by atoms with Gasteiger partial charge < -0.3 is 24.9 Å². The monoisotopic (exact) mass is 354 g/mol. The number of aliphatic hydroxyl groups excluding tert-OH is 1. The van der Waals surface area contributed by atoms with Crippen molar-refractivity contribution in [2.45, 2.75) is 20.5 Å². The molecule has 2 aromatic rings. The number of hydrogen-bond donors (Lipinski definition) is 5. The summed E-state index contributed by atoms with van der Waals surface area (Å²) >= 11 is 0. The third-order valence-corrected chi connectivity index (χ3v) is 2.90. The highest BCUT2D eigenvalue weighted by Crippen LogP contribution is 2.26. The van der Waals surface area contributed by atoms with Crippen LogP contribution in [0.15, 0.2) is 35.5 Å². The summed E-state index contributed by atoms with van der Waals surface area (Å²) in [5.74, 6) is 0.0578. The number of benzene rings is 1. The summed E-state index contributed by atoms with van der Waals surface area (Å²) in [5, 5.41) is 19.2. The number of pyridine rings is 1. The van der Waals surface area contributed by atoms with Crippen LogP contribution < -0.4 is 0 Å². The summed E-state index contributed by atoms with van der Waals surface area (Å²) in [7, 11) is -4.64. The molecular weight excluding hydrogens is 335 g/mol. The quantitative estimate of drug-likeness (QED) is 0.417. The normalized spacial score (nSPS) is 11.2. The molecule has 1 aromatic carbocycles. The number of aliphatic imine (C=N–C) groups is 1. The third kappa shape index (κ3) is 6.99. The Hall–Kier alpha value is -2.09. The molecule has 130 valence electrons. The highest BCUT2D eigenvalue weighted by molar-refractivity contribution is 7.45. The van der Waals surface area contributed by atoms with Crippen LogP contribution in [0.2, 0.25) is 0 Å². The standard InChI is InChI=1S/C15H16N2O2.H3O4P/c1-10-3-5-13(6-4-10)17-8-14-12(9-18)7-16-11(2)15(14)19;1-5(2,3)4/h3-8,18-19H,9H2,1-2H3;(H3,1,2,3,4). The van der Waals surface area contributed by atoms with E-state index in [1.807, 2.05) is 31.2 Å². The molecule has 0 bridgehead atoms. The van der Waals surface area contributed by atoms with E-state index in [0.29, 0.717) is 16.8 Å². The Morgan fingerprint density at radius 3 is 2.21 bits per heavy atom. The molecule has 24 heavy (non-hydrogen) atoms. The Bertz CT molecular complexity index is 747. The number of phosphoric acid groups is 1. The second-order valence-electron chi connectivity index (χ2n) is 4.90. The van der Waals surface area contributed by atoms with Gasteiger partial charge in [-0.3, -0.25) is 9.98 Å². The van der Waals surface area contributed by atoms with E-state index < -0.39 is 7.82 Å². The SMILES string of the molecule is Cc1ccc(N=Cc2c(CO)cnc(C)c2O)cc1.O=P(O)(O)O. The number of rotatable bonds is 3. The second kappa shape index (κ2) is 8.68. The summed E-state index contributed by atoms with van der Waals surface area (Å²) in [5.41, 5.74) is 3.54. The van der Waals surface area contributed by atoms with E-state index >= 15 is 0 Å². The first-order chi connectivity index (χ1) is 11.1. The van der Waals surface area contributed by atoms with Gasteiger partial charge in [0.15, 0.2) is 0 Å².